The van der Waals surface area contributed by atoms with Crippen molar-refractivity contribution in [3.63, 3.8) is 0 Å². The lowest BCUT2D eigenvalue weighted by atomic mass is 10.1. The minimum Gasteiger partial charge on any atom is -0.478 e. The van der Waals surface area contributed by atoms with Crippen molar-refractivity contribution in [1.82, 2.24) is 5.32 Å². The maximum Gasteiger partial charge on any atom is 0.268 e. The molecule has 1 aliphatic heterocycles. The maximum absolute atomic E-state index is 12.2. The lowest BCUT2D eigenvalue weighted by molar-refractivity contribution is -0.126. The van der Waals surface area contributed by atoms with E-state index in [1.165, 1.54) is 0 Å². The quantitative estimate of drug-likeness (QED) is 0.566. The number of amides is 2. The summed E-state index contributed by atoms with van der Waals surface area (Å²) in [5.74, 6) is -0.495. The number of nitrogens with zero attached hydrogens (tertiary/aromatic N) is 1. The molecule has 0 saturated carbocycles. The summed E-state index contributed by atoms with van der Waals surface area (Å²) in [6, 6.07) is 4.80. The fourth-order valence-electron chi connectivity index (χ4n) is 2.25. The molecule has 0 spiro atoms. The van der Waals surface area contributed by atoms with Crippen molar-refractivity contribution in [2.45, 2.75) is 26.4 Å². The van der Waals surface area contributed by atoms with Crippen LogP contribution in [0.1, 0.15) is 30.6 Å². The molecule has 0 unspecified atom stereocenters. The largest absolute Gasteiger partial charge is 0.478 e. The first-order valence-corrected chi connectivity index (χ1v) is 6.75. The summed E-state index contributed by atoms with van der Waals surface area (Å²) in [5, 5.41) is 9.29. The van der Waals surface area contributed by atoms with Crippen molar-refractivity contribution in [3.8, 4) is 5.75 Å². The number of fused-ring (bicyclic) bond motifs is 1. The second kappa shape index (κ2) is 5.82. The molecule has 1 aromatic carbocycles. The number of hydrogen-bond donors (Lipinski definition) is 3. The van der Waals surface area contributed by atoms with Gasteiger partial charge in [-0.25, -0.2) is 0 Å². The fraction of sp³-hybridized carbons (Fsp3) is 0.357. The van der Waals surface area contributed by atoms with Gasteiger partial charge in [-0.2, -0.15) is 0 Å². The summed E-state index contributed by atoms with van der Waals surface area (Å²) in [5.41, 5.74) is 6.11. The van der Waals surface area contributed by atoms with E-state index >= 15 is 0 Å². The molecule has 7 heteroatoms. The molecule has 1 aromatic rings. The van der Waals surface area contributed by atoms with Crippen molar-refractivity contribution in [3.05, 3.63) is 23.8 Å². The van der Waals surface area contributed by atoms with Gasteiger partial charge < -0.3 is 15.4 Å². The van der Waals surface area contributed by atoms with Gasteiger partial charge in [-0.3, -0.25) is 20.3 Å². The zero-order valence-electron chi connectivity index (χ0n) is 12.0. The number of benzene rings is 1. The van der Waals surface area contributed by atoms with Gasteiger partial charge in [-0.15, -0.1) is 0 Å². The van der Waals surface area contributed by atoms with Crippen molar-refractivity contribution in [2.24, 2.45) is 5.73 Å². The van der Waals surface area contributed by atoms with E-state index in [1.54, 1.807) is 23.1 Å². The van der Waals surface area contributed by atoms with Crippen molar-refractivity contribution in [1.29, 1.82) is 5.41 Å². The summed E-state index contributed by atoms with van der Waals surface area (Å²) in [6.45, 7) is 4.29. The third-order valence-electron chi connectivity index (χ3n) is 3.26. The predicted molar refractivity (Wildman–Crippen MR) is 78.6 cm³/mol. The van der Waals surface area contributed by atoms with Gasteiger partial charge in [0.05, 0.1) is 5.69 Å². The number of carbonyl (C=O) groups excluding carboxylic acids is 2. The van der Waals surface area contributed by atoms with E-state index in [9.17, 15) is 9.59 Å². The molecule has 0 saturated heterocycles. The Hall–Kier alpha value is -2.57. The van der Waals surface area contributed by atoms with Gasteiger partial charge in [0.1, 0.15) is 5.75 Å². The van der Waals surface area contributed by atoms with E-state index in [1.807, 2.05) is 13.8 Å². The predicted octanol–water partition coefficient (Wildman–Crippen LogP) is 0.834. The lowest BCUT2D eigenvalue weighted by Crippen LogP contribution is -2.45. The van der Waals surface area contributed by atoms with Crippen LogP contribution in [0.2, 0.25) is 0 Å². The van der Waals surface area contributed by atoms with Crippen LogP contribution in [0.25, 0.3) is 0 Å². The topological polar surface area (TPSA) is 109 Å². The van der Waals surface area contributed by atoms with Gasteiger partial charge in [0.15, 0.2) is 12.1 Å². The van der Waals surface area contributed by atoms with Gasteiger partial charge in [-0.05, 0) is 31.5 Å². The van der Waals surface area contributed by atoms with Gasteiger partial charge in [0.25, 0.3) is 11.8 Å². The molecule has 0 aromatic heterocycles. The van der Waals surface area contributed by atoms with E-state index in [0.717, 1.165) is 0 Å². The molecular formula is C14H18N4O3. The van der Waals surface area contributed by atoms with Crippen LogP contribution in [0, 0.1) is 5.41 Å². The first-order valence-electron chi connectivity index (χ1n) is 6.75. The molecule has 0 fully saturated rings. The van der Waals surface area contributed by atoms with Crippen LogP contribution in [0.15, 0.2) is 18.2 Å². The monoisotopic (exact) mass is 290 g/mol. The molecule has 7 nitrogen and oxygen atoms in total. The average molecular weight is 290 g/mol. The van der Waals surface area contributed by atoms with E-state index in [2.05, 4.69) is 5.32 Å². The SMILES string of the molecule is CC[C@@H]1Oc2cc(C(=O)NC(=N)N)ccc2N(CC)C1=O. The van der Waals surface area contributed by atoms with E-state index < -0.39 is 18.0 Å². The Morgan fingerprint density at radius 3 is 2.76 bits per heavy atom. The van der Waals surface area contributed by atoms with Gasteiger partial charge >= 0.3 is 0 Å². The van der Waals surface area contributed by atoms with Crippen molar-refractivity contribution >= 4 is 23.5 Å². The Morgan fingerprint density at radius 2 is 2.19 bits per heavy atom. The van der Waals surface area contributed by atoms with E-state index in [0.29, 0.717) is 30.0 Å². The van der Waals surface area contributed by atoms with E-state index in [-0.39, 0.29) is 5.91 Å². The molecule has 0 radical (unpaired) electrons. The van der Waals surface area contributed by atoms with E-state index in [4.69, 9.17) is 15.9 Å². The second-order valence-electron chi connectivity index (χ2n) is 4.65. The van der Waals surface area contributed by atoms with Crippen LogP contribution in [0.5, 0.6) is 5.75 Å². The molecule has 0 aliphatic carbocycles. The smallest absolute Gasteiger partial charge is 0.268 e. The van der Waals surface area contributed by atoms with Crippen LogP contribution >= 0.6 is 0 Å². The molecule has 1 heterocycles. The number of guanidine groups is 1. The standard InChI is InChI=1S/C14H18N4O3/c1-3-10-13(20)18(4-2)9-6-5-8(7-11(9)21-10)12(19)17-14(15)16/h5-7,10H,3-4H2,1-2H3,(H4,15,16,17,19)/t10-/m0/s1. The lowest BCUT2D eigenvalue weighted by Gasteiger charge is -2.33. The van der Waals surface area contributed by atoms with Crippen LogP contribution in [0.4, 0.5) is 5.69 Å². The molecule has 2 rings (SSSR count). The molecule has 1 atom stereocenters. The minimum absolute atomic E-state index is 0.0755. The molecule has 4 N–H and O–H groups in total. The molecule has 1 aliphatic rings. The van der Waals surface area contributed by atoms with Gasteiger partial charge in [-0.1, -0.05) is 6.92 Å². The summed E-state index contributed by atoms with van der Waals surface area (Å²) >= 11 is 0. The average Bonchev–Trinajstić information content (AvgIpc) is 2.45. The molecule has 112 valence electrons. The molecule has 21 heavy (non-hydrogen) atoms. The number of hydrogen-bond acceptors (Lipinski definition) is 4. The highest BCUT2D eigenvalue weighted by Gasteiger charge is 2.32. The number of nitrogens with one attached hydrogen (secondary N) is 2. The van der Waals surface area contributed by atoms with Crippen LogP contribution < -0.4 is 20.7 Å². The third-order valence-corrected chi connectivity index (χ3v) is 3.26. The zero-order valence-corrected chi connectivity index (χ0v) is 12.0. The third kappa shape index (κ3) is 2.81. The molecular weight excluding hydrogens is 272 g/mol. The Labute approximate surface area is 122 Å². The van der Waals surface area contributed by atoms with Gasteiger partial charge in [0, 0.05) is 12.1 Å². The van der Waals surface area contributed by atoms with Crippen molar-refractivity contribution in [2.75, 3.05) is 11.4 Å². The minimum atomic E-state index is -0.538. The zero-order chi connectivity index (χ0) is 15.6. The number of carbonyl (C=O) groups is 2. The number of rotatable bonds is 3. The summed E-state index contributed by atoms with van der Waals surface area (Å²) in [4.78, 5) is 25.7. The van der Waals surface area contributed by atoms with Gasteiger partial charge in [0.2, 0.25) is 0 Å². The first-order chi connectivity index (χ1) is 9.97. The summed E-state index contributed by atoms with van der Waals surface area (Å²) in [6.07, 6.45) is 0.0158. The van der Waals surface area contributed by atoms with Crippen LogP contribution in [-0.2, 0) is 4.79 Å². The Morgan fingerprint density at radius 1 is 1.48 bits per heavy atom. The van der Waals surface area contributed by atoms with Crippen LogP contribution in [-0.4, -0.2) is 30.4 Å². The number of nitrogens with two attached hydrogens (primary N) is 1. The Kier molecular flexibility index (Phi) is 4.11. The Bertz CT molecular complexity index is 600. The summed E-state index contributed by atoms with van der Waals surface area (Å²) in [7, 11) is 0. The fourth-order valence-corrected chi connectivity index (χ4v) is 2.25. The number of likely N-dealkylation sites (N-methyl/N-ethyl adjacent to an activating group) is 1. The second-order valence-corrected chi connectivity index (χ2v) is 4.65. The number of anilines is 1. The van der Waals surface area contributed by atoms with Crippen molar-refractivity contribution < 1.29 is 14.3 Å². The molecule has 2 amide bonds. The summed E-state index contributed by atoms with van der Waals surface area (Å²) < 4.78 is 5.67. The maximum atomic E-state index is 12.2. The highest BCUT2D eigenvalue weighted by Crippen LogP contribution is 2.35. The Balaban J connectivity index is 2.37. The first kappa shape index (κ1) is 14.8. The highest BCUT2D eigenvalue weighted by molar-refractivity contribution is 6.06. The van der Waals surface area contributed by atoms with Crippen LogP contribution in [0.3, 0.4) is 0 Å². The highest BCUT2D eigenvalue weighted by atomic mass is 16.5. The number of ether oxygens (including phenoxy) is 1. The normalized spacial score (nSPS) is 17.0. The molecule has 0 bridgehead atoms.